The van der Waals surface area contributed by atoms with E-state index < -0.39 is 6.30 Å². The maximum absolute atomic E-state index is 12.5. The fourth-order valence-electron chi connectivity index (χ4n) is 1.89. The van der Waals surface area contributed by atoms with Crippen molar-refractivity contribution in [2.75, 3.05) is 0 Å². The molecule has 0 amide bonds. The highest BCUT2D eigenvalue weighted by molar-refractivity contribution is 6.29. The molecular weight excluding hydrogens is 295 g/mol. The minimum absolute atomic E-state index is 0.0760. The molecule has 104 valence electrons. The van der Waals surface area contributed by atoms with Crippen molar-refractivity contribution in [3.05, 3.63) is 29.7 Å². The van der Waals surface area contributed by atoms with Crippen molar-refractivity contribution in [3.63, 3.8) is 0 Å². The van der Waals surface area contributed by atoms with Crippen molar-refractivity contribution >= 4 is 22.6 Å². The average molecular weight is 302 g/mol. The second-order valence-electron chi connectivity index (χ2n) is 4.12. The SMILES string of the molecule is Cn1nc(-c2cnn(C(F)(F)F)c2)c2nc(Cl)ccc21. The van der Waals surface area contributed by atoms with Gasteiger partial charge in [-0.15, -0.1) is 13.2 Å². The molecule has 0 aromatic carbocycles. The first-order valence-corrected chi connectivity index (χ1v) is 5.85. The number of nitrogens with zero attached hydrogens (tertiary/aromatic N) is 5. The van der Waals surface area contributed by atoms with E-state index in [2.05, 4.69) is 15.2 Å². The van der Waals surface area contributed by atoms with Gasteiger partial charge in [-0.2, -0.15) is 14.9 Å². The second-order valence-corrected chi connectivity index (χ2v) is 4.50. The fraction of sp³-hybridized carbons (Fsp3) is 0.182. The largest absolute Gasteiger partial charge is 0.504 e. The fourth-order valence-corrected chi connectivity index (χ4v) is 2.04. The lowest BCUT2D eigenvalue weighted by Crippen LogP contribution is -2.16. The second kappa shape index (κ2) is 4.20. The van der Waals surface area contributed by atoms with Crippen LogP contribution in [0.4, 0.5) is 13.2 Å². The van der Waals surface area contributed by atoms with Crippen LogP contribution >= 0.6 is 11.6 Å². The van der Waals surface area contributed by atoms with Crippen LogP contribution in [0.2, 0.25) is 5.15 Å². The number of hydrogen-bond acceptors (Lipinski definition) is 3. The third-order valence-electron chi connectivity index (χ3n) is 2.78. The molecule has 3 aromatic heterocycles. The number of aryl methyl sites for hydroxylation is 1. The molecule has 0 bridgehead atoms. The highest BCUT2D eigenvalue weighted by Gasteiger charge is 2.32. The van der Waals surface area contributed by atoms with E-state index in [-0.39, 0.29) is 15.4 Å². The van der Waals surface area contributed by atoms with E-state index in [4.69, 9.17) is 11.6 Å². The maximum Gasteiger partial charge on any atom is 0.504 e. The Morgan fingerprint density at radius 1 is 1.25 bits per heavy atom. The predicted molar refractivity (Wildman–Crippen MR) is 66.0 cm³/mol. The van der Waals surface area contributed by atoms with Gasteiger partial charge in [-0.1, -0.05) is 11.6 Å². The van der Waals surface area contributed by atoms with Crippen LogP contribution < -0.4 is 0 Å². The minimum atomic E-state index is -4.56. The first kappa shape index (κ1) is 12.9. The molecule has 0 aliphatic heterocycles. The monoisotopic (exact) mass is 301 g/mol. The van der Waals surface area contributed by atoms with Gasteiger partial charge in [-0.3, -0.25) is 4.68 Å². The topological polar surface area (TPSA) is 48.5 Å². The summed E-state index contributed by atoms with van der Waals surface area (Å²) in [5.74, 6) is 0. The summed E-state index contributed by atoms with van der Waals surface area (Å²) in [4.78, 5) is 4.11. The van der Waals surface area contributed by atoms with Crippen molar-refractivity contribution in [3.8, 4) is 11.3 Å². The highest BCUT2D eigenvalue weighted by Crippen LogP contribution is 2.29. The molecule has 9 heteroatoms. The summed E-state index contributed by atoms with van der Waals surface area (Å²) in [5.41, 5.74) is 1.63. The predicted octanol–water partition coefficient (Wildman–Crippen LogP) is 2.96. The van der Waals surface area contributed by atoms with E-state index in [0.717, 1.165) is 12.4 Å². The lowest BCUT2D eigenvalue weighted by Gasteiger charge is -2.03. The van der Waals surface area contributed by atoms with E-state index in [1.165, 1.54) is 4.68 Å². The van der Waals surface area contributed by atoms with Crippen LogP contribution in [0.15, 0.2) is 24.5 Å². The molecule has 0 aliphatic rings. The summed E-state index contributed by atoms with van der Waals surface area (Å²) in [6.07, 6.45) is -2.60. The van der Waals surface area contributed by atoms with E-state index in [9.17, 15) is 13.2 Å². The quantitative estimate of drug-likeness (QED) is 0.649. The van der Waals surface area contributed by atoms with Crippen LogP contribution in [0.3, 0.4) is 0 Å². The van der Waals surface area contributed by atoms with Crippen LogP contribution in [0.5, 0.6) is 0 Å². The van der Waals surface area contributed by atoms with E-state index in [0.29, 0.717) is 16.7 Å². The third-order valence-corrected chi connectivity index (χ3v) is 2.99. The third kappa shape index (κ3) is 2.01. The molecule has 3 aromatic rings. The molecule has 0 atom stereocenters. The molecule has 0 saturated heterocycles. The average Bonchev–Trinajstić information content (AvgIpc) is 2.94. The van der Waals surface area contributed by atoms with E-state index in [1.807, 2.05) is 0 Å². The number of pyridine rings is 1. The lowest BCUT2D eigenvalue weighted by atomic mass is 10.2. The smallest absolute Gasteiger partial charge is 0.266 e. The van der Waals surface area contributed by atoms with Gasteiger partial charge in [0.25, 0.3) is 0 Å². The van der Waals surface area contributed by atoms with Gasteiger partial charge >= 0.3 is 6.30 Å². The highest BCUT2D eigenvalue weighted by atomic mass is 35.5. The summed E-state index contributed by atoms with van der Waals surface area (Å²) in [6.45, 7) is 0. The van der Waals surface area contributed by atoms with Crippen molar-refractivity contribution < 1.29 is 13.2 Å². The number of aromatic nitrogens is 5. The summed E-state index contributed by atoms with van der Waals surface area (Å²) >= 11 is 5.82. The Morgan fingerprint density at radius 2 is 2.00 bits per heavy atom. The van der Waals surface area contributed by atoms with Crippen LogP contribution in [0.1, 0.15) is 0 Å². The Bertz CT molecular complexity index is 789. The standard InChI is InChI=1S/C11H7ClF3N5/c1-19-7-2-3-8(12)17-10(7)9(18-19)6-4-16-20(5-6)11(13,14)15/h2-5H,1H3. The minimum Gasteiger partial charge on any atom is -0.266 e. The molecule has 0 N–H and O–H groups in total. The van der Waals surface area contributed by atoms with Gasteiger partial charge in [0.15, 0.2) is 0 Å². The van der Waals surface area contributed by atoms with Crippen molar-refractivity contribution in [1.29, 1.82) is 0 Å². The summed E-state index contributed by atoms with van der Waals surface area (Å²) in [7, 11) is 1.68. The zero-order valence-electron chi connectivity index (χ0n) is 10.1. The first-order valence-electron chi connectivity index (χ1n) is 5.48. The van der Waals surface area contributed by atoms with Crippen LogP contribution in [0, 0.1) is 0 Å². The summed E-state index contributed by atoms with van der Waals surface area (Å²) < 4.78 is 39.1. The Hall–Kier alpha value is -2.09. The van der Waals surface area contributed by atoms with Crippen molar-refractivity contribution in [2.45, 2.75) is 6.30 Å². The molecule has 20 heavy (non-hydrogen) atoms. The zero-order valence-corrected chi connectivity index (χ0v) is 10.8. The van der Waals surface area contributed by atoms with Crippen molar-refractivity contribution in [2.24, 2.45) is 7.05 Å². The molecule has 0 radical (unpaired) electrons. The molecule has 0 fully saturated rings. The Kier molecular flexibility index (Phi) is 2.72. The van der Waals surface area contributed by atoms with Gasteiger partial charge in [-0.05, 0) is 12.1 Å². The summed E-state index contributed by atoms with van der Waals surface area (Å²) in [6, 6.07) is 3.30. The zero-order chi connectivity index (χ0) is 14.5. The van der Waals surface area contributed by atoms with Gasteiger partial charge in [-0.25, -0.2) is 4.98 Å². The van der Waals surface area contributed by atoms with Crippen LogP contribution in [-0.4, -0.2) is 24.5 Å². The Balaban J connectivity index is 2.19. The number of rotatable bonds is 1. The molecule has 0 saturated carbocycles. The normalized spacial score (nSPS) is 12.2. The molecule has 0 unspecified atom stereocenters. The Labute approximate surface area is 115 Å². The van der Waals surface area contributed by atoms with Crippen molar-refractivity contribution in [1.82, 2.24) is 24.5 Å². The lowest BCUT2D eigenvalue weighted by molar-refractivity contribution is -0.212. The van der Waals surface area contributed by atoms with E-state index >= 15 is 0 Å². The van der Waals surface area contributed by atoms with Crippen LogP contribution in [0.25, 0.3) is 22.3 Å². The van der Waals surface area contributed by atoms with Gasteiger partial charge in [0.1, 0.15) is 16.4 Å². The molecule has 3 rings (SSSR count). The number of alkyl halides is 3. The maximum atomic E-state index is 12.5. The molecular formula is C11H7ClF3N5. The molecule has 3 heterocycles. The van der Waals surface area contributed by atoms with Gasteiger partial charge < -0.3 is 0 Å². The van der Waals surface area contributed by atoms with Gasteiger partial charge in [0.2, 0.25) is 0 Å². The van der Waals surface area contributed by atoms with E-state index in [1.54, 1.807) is 19.2 Å². The van der Waals surface area contributed by atoms with Crippen LogP contribution in [-0.2, 0) is 13.3 Å². The van der Waals surface area contributed by atoms with Gasteiger partial charge in [0, 0.05) is 18.8 Å². The Morgan fingerprint density at radius 3 is 2.65 bits per heavy atom. The number of fused-ring (bicyclic) bond motifs is 1. The molecule has 5 nitrogen and oxygen atoms in total. The number of halogens is 4. The molecule has 0 aliphatic carbocycles. The molecule has 0 spiro atoms. The number of hydrogen-bond donors (Lipinski definition) is 0. The first-order chi connectivity index (χ1) is 9.36. The van der Waals surface area contributed by atoms with Gasteiger partial charge in [0.05, 0.1) is 11.7 Å². The summed E-state index contributed by atoms with van der Waals surface area (Å²) in [5, 5.41) is 7.70.